The number of oxime groups is 1. The van der Waals surface area contributed by atoms with E-state index in [1.165, 1.54) is 0 Å². The van der Waals surface area contributed by atoms with Crippen LogP contribution in [-0.4, -0.2) is 5.84 Å². The fraction of sp³-hybridized carbons (Fsp3) is 0.0833. The normalized spacial score (nSPS) is 11.5. The zero-order chi connectivity index (χ0) is 12.1. The van der Waals surface area contributed by atoms with Gasteiger partial charge in [-0.15, -0.1) is 0 Å². The topological polar surface area (TPSA) is 47.6 Å². The van der Waals surface area contributed by atoms with Crippen LogP contribution < -0.4 is 5.73 Å². The van der Waals surface area contributed by atoms with E-state index < -0.39 is 0 Å². The van der Waals surface area contributed by atoms with Gasteiger partial charge >= 0.3 is 0 Å². The van der Waals surface area contributed by atoms with Crippen LogP contribution in [0.2, 0.25) is 5.02 Å². The van der Waals surface area contributed by atoms with Crippen molar-refractivity contribution in [3.8, 4) is 0 Å². The van der Waals surface area contributed by atoms with Crippen LogP contribution in [0.1, 0.15) is 11.1 Å². The van der Waals surface area contributed by atoms with Gasteiger partial charge in [-0.1, -0.05) is 28.9 Å². The second kappa shape index (κ2) is 5.70. The SMILES string of the molecule is N/C(=N\OCc1ccc(Cl)cc1)c1ccsc1. The van der Waals surface area contributed by atoms with E-state index in [-0.39, 0.29) is 0 Å². The van der Waals surface area contributed by atoms with Gasteiger partial charge in [0.25, 0.3) is 0 Å². The van der Waals surface area contributed by atoms with Crippen molar-refractivity contribution in [2.24, 2.45) is 10.9 Å². The molecule has 5 heteroatoms. The van der Waals surface area contributed by atoms with Gasteiger partial charge in [-0.3, -0.25) is 0 Å². The van der Waals surface area contributed by atoms with Gasteiger partial charge in [-0.05, 0) is 29.1 Å². The highest BCUT2D eigenvalue weighted by molar-refractivity contribution is 7.08. The summed E-state index contributed by atoms with van der Waals surface area (Å²) in [6, 6.07) is 9.30. The van der Waals surface area contributed by atoms with Crippen molar-refractivity contribution in [3.63, 3.8) is 0 Å². The first-order valence-electron chi connectivity index (χ1n) is 4.98. The number of nitrogens with two attached hydrogens (primary N) is 1. The number of thiophene rings is 1. The molecule has 0 aliphatic heterocycles. The third kappa shape index (κ3) is 3.47. The molecule has 1 aromatic carbocycles. The van der Waals surface area contributed by atoms with Gasteiger partial charge < -0.3 is 10.6 Å². The van der Waals surface area contributed by atoms with Crippen molar-refractivity contribution in [2.75, 3.05) is 0 Å². The van der Waals surface area contributed by atoms with Crippen molar-refractivity contribution >= 4 is 28.8 Å². The summed E-state index contributed by atoms with van der Waals surface area (Å²) in [6.45, 7) is 0.377. The summed E-state index contributed by atoms with van der Waals surface area (Å²) in [5.41, 5.74) is 7.62. The Morgan fingerprint density at radius 3 is 2.71 bits per heavy atom. The van der Waals surface area contributed by atoms with Crippen LogP contribution in [-0.2, 0) is 11.4 Å². The molecule has 1 aromatic heterocycles. The van der Waals surface area contributed by atoms with E-state index in [0.717, 1.165) is 11.1 Å². The molecule has 0 bridgehead atoms. The number of benzene rings is 1. The van der Waals surface area contributed by atoms with Crippen LogP contribution in [0, 0.1) is 0 Å². The van der Waals surface area contributed by atoms with Crippen molar-refractivity contribution in [2.45, 2.75) is 6.61 Å². The molecule has 0 radical (unpaired) electrons. The third-order valence-electron chi connectivity index (χ3n) is 2.12. The molecule has 2 N–H and O–H groups in total. The predicted molar refractivity (Wildman–Crippen MR) is 71.3 cm³/mol. The summed E-state index contributed by atoms with van der Waals surface area (Å²) < 4.78 is 0. The summed E-state index contributed by atoms with van der Waals surface area (Å²) in [7, 11) is 0. The lowest BCUT2D eigenvalue weighted by molar-refractivity contribution is 0.130. The molecular formula is C12H11ClN2OS. The van der Waals surface area contributed by atoms with Gasteiger partial charge in [0.1, 0.15) is 6.61 Å². The Hall–Kier alpha value is -1.52. The zero-order valence-electron chi connectivity index (χ0n) is 8.97. The van der Waals surface area contributed by atoms with Crippen molar-refractivity contribution in [1.82, 2.24) is 0 Å². The van der Waals surface area contributed by atoms with Crippen molar-refractivity contribution in [1.29, 1.82) is 0 Å². The maximum Gasteiger partial charge on any atom is 0.171 e. The lowest BCUT2D eigenvalue weighted by atomic mass is 10.2. The maximum absolute atomic E-state index is 5.78. The van der Waals surface area contributed by atoms with Gasteiger partial charge in [0.05, 0.1) is 0 Å². The van der Waals surface area contributed by atoms with Gasteiger partial charge in [0.15, 0.2) is 5.84 Å². The van der Waals surface area contributed by atoms with Gasteiger partial charge in [0, 0.05) is 16.0 Å². The average molecular weight is 267 g/mol. The summed E-state index contributed by atoms with van der Waals surface area (Å²) in [6.07, 6.45) is 0. The summed E-state index contributed by atoms with van der Waals surface area (Å²) >= 11 is 7.34. The van der Waals surface area contributed by atoms with E-state index in [0.29, 0.717) is 17.5 Å². The molecule has 0 spiro atoms. The third-order valence-corrected chi connectivity index (χ3v) is 3.06. The summed E-state index contributed by atoms with van der Waals surface area (Å²) in [4.78, 5) is 5.17. The van der Waals surface area contributed by atoms with Crippen LogP contribution in [0.25, 0.3) is 0 Å². The maximum atomic E-state index is 5.78. The number of nitrogens with zero attached hydrogens (tertiary/aromatic N) is 1. The Kier molecular flexibility index (Phi) is 4.01. The molecule has 88 valence electrons. The van der Waals surface area contributed by atoms with Crippen LogP contribution in [0.4, 0.5) is 0 Å². The minimum atomic E-state index is 0.377. The second-order valence-electron chi connectivity index (χ2n) is 3.39. The summed E-state index contributed by atoms with van der Waals surface area (Å²) in [5.74, 6) is 0.389. The molecule has 17 heavy (non-hydrogen) atoms. The monoisotopic (exact) mass is 266 g/mol. The number of rotatable bonds is 4. The fourth-order valence-corrected chi connectivity index (χ4v) is 2.00. The molecule has 0 fully saturated rings. The zero-order valence-corrected chi connectivity index (χ0v) is 10.5. The minimum absolute atomic E-state index is 0.377. The Bertz CT molecular complexity index is 494. The molecule has 0 aliphatic rings. The van der Waals surface area contributed by atoms with E-state index in [1.54, 1.807) is 11.3 Å². The van der Waals surface area contributed by atoms with Gasteiger partial charge in [0.2, 0.25) is 0 Å². The highest BCUT2D eigenvalue weighted by atomic mass is 35.5. The molecule has 0 atom stereocenters. The number of hydrogen-bond donors (Lipinski definition) is 1. The molecule has 0 unspecified atom stereocenters. The Labute approximate surface area is 108 Å². The first-order valence-corrected chi connectivity index (χ1v) is 6.30. The van der Waals surface area contributed by atoms with Crippen LogP contribution in [0.5, 0.6) is 0 Å². The fourth-order valence-electron chi connectivity index (χ4n) is 1.22. The molecule has 0 amide bonds. The number of amidine groups is 1. The minimum Gasteiger partial charge on any atom is -0.389 e. The molecule has 2 rings (SSSR count). The highest BCUT2D eigenvalue weighted by Gasteiger charge is 1.99. The smallest absolute Gasteiger partial charge is 0.171 e. The van der Waals surface area contributed by atoms with E-state index >= 15 is 0 Å². The first kappa shape index (κ1) is 12.0. The van der Waals surface area contributed by atoms with Crippen LogP contribution >= 0.6 is 22.9 Å². The van der Waals surface area contributed by atoms with Crippen molar-refractivity contribution in [3.05, 3.63) is 57.2 Å². The Morgan fingerprint density at radius 2 is 2.06 bits per heavy atom. The standard InChI is InChI=1S/C12H11ClN2OS/c13-11-3-1-9(2-4-11)7-16-15-12(14)10-5-6-17-8-10/h1-6,8H,7H2,(H2,14,15). The quantitative estimate of drug-likeness (QED) is 0.525. The van der Waals surface area contributed by atoms with E-state index in [4.69, 9.17) is 22.2 Å². The van der Waals surface area contributed by atoms with Gasteiger partial charge in [-0.2, -0.15) is 11.3 Å². The van der Waals surface area contributed by atoms with Gasteiger partial charge in [-0.25, -0.2) is 0 Å². The van der Waals surface area contributed by atoms with E-state index in [1.807, 2.05) is 41.1 Å². The molecule has 3 nitrogen and oxygen atoms in total. The molecule has 0 saturated carbocycles. The van der Waals surface area contributed by atoms with Crippen LogP contribution in [0.15, 0.2) is 46.2 Å². The van der Waals surface area contributed by atoms with Crippen molar-refractivity contribution < 1.29 is 4.84 Å². The molecule has 1 heterocycles. The lowest BCUT2D eigenvalue weighted by Crippen LogP contribution is -2.12. The van der Waals surface area contributed by atoms with E-state index in [2.05, 4.69) is 5.16 Å². The predicted octanol–water partition coefficient (Wildman–Crippen LogP) is 3.24. The summed E-state index contributed by atoms with van der Waals surface area (Å²) in [5, 5.41) is 8.42. The molecule has 0 aliphatic carbocycles. The number of hydrogen-bond acceptors (Lipinski definition) is 3. The average Bonchev–Trinajstić information content (AvgIpc) is 2.85. The molecule has 2 aromatic rings. The first-order chi connectivity index (χ1) is 8.25. The van der Waals surface area contributed by atoms with E-state index in [9.17, 15) is 0 Å². The Morgan fingerprint density at radius 1 is 1.29 bits per heavy atom. The van der Waals surface area contributed by atoms with Crippen LogP contribution in [0.3, 0.4) is 0 Å². The lowest BCUT2D eigenvalue weighted by Gasteiger charge is -2.01. The Balaban J connectivity index is 1.91. The molecule has 0 saturated heterocycles. The molecular weight excluding hydrogens is 256 g/mol. The largest absolute Gasteiger partial charge is 0.389 e. The highest BCUT2D eigenvalue weighted by Crippen LogP contribution is 2.10. The second-order valence-corrected chi connectivity index (χ2v) is 4.60. The number of halogens is 1.